The summed E-state index contributed by atoms with van der Waals surface area (Å²) >= 11 is 5.81. The van der Waals surface area contributed by atoms with Crippen LogP contribution in [0.4, 0.5) is 0 Å². The number of piperidine rings is 1. The quantitative estimate of drug-likeness (QED) is 0.829. The molecule has 0 aromatic carbocycles. The zero-order chi connectivity index (χ0) is 13.3. The van der Waals surface area contributed by atoms with Gasteiger partial charge in [0.2, 0.25) is 10.0 Å². The molecule has 7 heteroatoms. The lowest BCUT2D eigenvalue weighted by atomic mass is 9.98. The summed E-state index contributed by atoms with van der Waals surface area (Å²) in [5, 5.41) is 9.74. The van der Waals surface area contributed by atoms with E-state index in [4.69, 9.17) is 11.6 Å². The van der Waals surface area contributed by atoms with Crippen molar-refractivity contribution in [1.29, 1.82) is 0 Å². The van der Waals surface area contributed by atoms with E-state index in [0.29, 0.717) is 13.0 Å². The molecule has 0 spiro atoms. The Kier molecular flexibility index (Phi) is 3.91. The fourth-order valence-corrected chi connectivity index (χ4v) is 3.84. The molecule has 1 aliphatic heterocycles. The molecule has 0 amide bonds. The minimum absolute atomic E-state index is 0.00609. The van der Waals surface area contributed by atoms with E-state index < -0.39 is 16.1 Å². The van der Waals surface area contributed by atoms with Gasteiger partial charge < -0.3 is 5.11 Å². The number of β-amino-alcohol motifs (C(OH)–C–C–N with tert-alkyl or cyclic N) is 1. The average molecular weight is 291 g/mol. The van der Waals surface area contributed by atoms with Crippen LogP contribution in [-0.4, -0.2) is 42.0 Å². The van der Waals surface area contributed by atoms with Crippen molar-refractivity contribution in [2.75, 3.05) is 13.1 Å². The first kappa shape index (κ1) is 13.7. The molecule has 2 heterocycles. The highest BCUT2D eigenvalue weighted by atomic mass is 35.5. The number of aliphatic hydroxyl groups excluding tert-OH is 1. The maximum absolute atomic E-state index is 12.4. The number of aliphatic hydroxyl groups is 1. The van der Waals surface area contributed by atoms with Crippen LogP contribution in [0.3, 0.4) is 0 Å². The largest absolute Gasteiger partial charge is 0.391 e. The number of rotatable bonds is 2. The summed E-state index contributed by atoms with van der Waals surface area (Å²) in [4.78, 5) is 3.77. The number of sulfonamides is 1. The topological polar surface area (TPSA) is 70.5 Å². The summed E-state index contributed by atoms with van der Waals surface area (Å²) in [6.45, 7) is 2.41. The van der Waals surface area contributed by atoms with Gasteiger partial charge in [-0.2, -0.15) is 4.31 Å². The van der Waals surface area contributed by atoms with Gasteiger partial charge in [0.15, 0.2) is 0 Å². The molecule has 0 saturated carbocycles. The first-order valence-corrected chi connectivity index (χ1v) is 7.53. The second-order valence-electron chi connectivity index (χ2n) is 4.49. The molecule has 2 unspecified atom stereocenters. The maximum Gasteiger partial charge on any atom is 0.246 e. The third-order valence-corrected chi connectivity index (χ3v) is 5.53. The second-order valence-corrected chi connectivity index (χ2v) is 6.75. The Bertz CT molecular complexity index is 535. The predicted molar refractivity (Wildman–Crippen MR) is 67.8 cm³/mol. The van der Waals surface area contributed by atoms with Crippen molar-refractivity contribution < 1.29 is 13.5 Å². The minimum Gasteiger partial charge on any atom is -0.391 e. The molecule has 5 nitrogen and oxygen atoms in total. The molecule has 2 rings (SSSR count). The van der Waals surface area contributed by atoms with Gasteiger partial charge in [0, 0.05) is 19.3 Å². The van der Waals surface area contributed by atoms with Gasteiger partial charge in [-0.25, -0.2) is 13.4 Å². The first-order chi connectivity index (χ1) is 8.43. The monoisotopic (exact) mass is 290 g/mol. The van der Waals surface area contributed by atoms with E-state index >= 15 is 0 Å². The van der Waals surface area contributed by atoms with Crippen molar-refractivity contribution >= 4 is 21.6 Å². The Morgan fingerprint density at radius 3 is 2.89 bits per heavy atom. The molecule has 18 heavy (non-hydrogen) atoms. The van der Waals surface area contributed by atoms with Gasteiger partial charge in [-0.05, 0) is 24.5 Å². The first-order valence-electron chi connectivity index (χ1n) is 5.71. The summed E-state index contributed by atoms with van der Waals surface area (Å²) in [7, 11) is -3.67. The van der Waals surface area contributed by atoms with Crippen molar-refractivity contribution in [3.8, 4) is 0 Å². The van der Waals surface area contributed by atoms with Gasteiger partial charge in [0.05, 0.1) is 6.10 Å². The van der Waals surface area contributed by atoms with E-state index in [0.717, 1.165) is 0 Å². The summed E-state index contributed by atoms with van der Waals surface area (Å²) in [5.74, 6) is 0.112. The van der Waals surface area contributed by atoms with Crippen molar-refractivity contribution in [1.82, 2.24) is 9.29 Å². The van der Waals surface area contributed by atoms with Crippen LogP contribution in [0.25, 0.3) is 0 Å². The zero-order valence-corrected chi connectivity index (χ0v) is 11.5. The highest BCUT2D eigenvalue weighted by Crippen LogP contribution is 2.26. The van der Waals surface area contributed by atoms with E-state index in [9.17, 15) is 13.5 Å². The summed E-state index contributed by atoms with van der Waals surface area (Å²) in [5.41, 5.74) is 0. The molecule has 1 saturated heterocycles. The molecule has 2 atom stereocenters. The molecule has 0 aliphatic carbocycles. The molecule has 0 radical (unpaired) electrons. The highest BCUT2D eigenvalue weighted by Gasteiger charge is 2.33. The smallest absolute Gasteiger partial charge is 0.246 e. The molecular weight excluding hydrogens is 276 g/mol. The maximum atomic E-state index is 12.4. The van der Waals surface area contributed by atoms with Crippen LogP contribution in [0.5, 0.6) is 0 Å². The summed E-state index contributed by atoms with van der Waals surface area (Å²) in [6.07, 6.45) is 1.44. The number of halogens is 1. The normalized spacial score (nSPS) is 26.2. The molecule has 1 aromatic heterocycles. The number of hydrogen-bond acceptors (Lipinski definition) is 4. The second kappa shape index (κ2) is 5.13. The third kappa shape index (κ3) is 2.51. The van der Waals surface area contributed by atoms with Gasteiger partial charge in [0.1, 0.15) is 10.0 Å². The molecule has 0 bridgehead atoms. The van der Waals surface area contributed by atoms with Crippen LogP contribution in [0.2, 0.25) is 5.15 Å². The SMILES string of the molecule is CC1CCN(S(=O)(=O)c2cccnc2Cl)CC1O. The Hall–Kier alpha value is -0.690. The standard InChI is InChI=1S/C11H15ClN2O3S/c1-8-4-6-14(7-9(8)15)18(16,17)10-3-2-5-13-11(10)12/h2-3,5,8-9,15H,4,6-7H2,1H3. The molecule has 1 aliphatic rings. The van der Waals surface area contributed by atoms with Gasteiger partial charge in [-0.1, -0.05) is 18.5 Å². The van der Waals surface area contributed by atoms with E-state index in [1.165, 1.54) is 22.6 Å². The number of nitrogens with zero attached hydrogens (tertiary/aromatic N) is 2. The van der Waals surface area contributed by atoms with Gasteiger partial charge in [-0.3, -0.25) is 0 Å². The van der Waals surface area contributed by atoms with Crippen LogP contribution < -0.4 is 0 Å². The van der Waals surface area contributed by atoms with Crippen LogP contribution in [-0.2, 0) is 10.0 Å². The van der Waals surface area contributed by atoms with Crippen LogP contribution in [0, 0.1) is 5.92 Å². The predicted octanol–water partition coefficient (Wildman–Crippen LogP) is 1.13. The third-order valence-electron chi connectivity index (χ3n) is 3.22. The van der Waals surface area contributed by atoms with Gasteiger partial charge in [-0.15, -0.1) is 0 Å². The molecular formula is C11H15ClN2O3S. The Morgan fingerprint density at radius 2 is 2.28 bits per heavy atom. The van der Waals surface area contributed by atoms with E-state index in [1.54, 1.807) is 0 Å². The lowest BCUT2D eigenvalue weighted by molar-refractivity contribution is 0.0605. The number of hydrogen-bond donors (Lipinski definition) is 1. The fourth-order valence-electron chi connectivity index (χ4n) is 1.94. The Labute approximate surface area is 111 Å². The van der Waals surface area contributed by atoms with Crippen LogP contribution >= 0.6 is 11.6 Å². The minimum atomic E-state index is -3.67. The molecule has 100 valence electrons. The summed E-state index contributed by atoms with van der Waals surface area (Å²) < 4.78 is 26.0. The molecule has 1 aromatic rings. The van der Waals surface area contributed by atoms with Gasteiger partial charge in [0.25, 0.3) is 0 Å². The van der Waals surface area contributed by atoms with E-state index in [2.05, 4.69) is 4.98 Å². The zero-order valence-electron chi connectivity index (χ0n) is 9.95. The number of pyridine rings is 1. The molecule has 1 N–H and O–H groups in total. The van der Waals surface area contributed by atoms with Crippen molar-refractivity contribution in [3.05, 3.63) is 23.5 Å². The lowest BCUT2D eigenvalue weighted by Gasteiger charge is -2.33. The Balaban J connectivity index is 2.30. The van der Waals surface area contributed by atoms with Crippen molar-refractivity contribution in [3.63, 3.8) is 0 Å². The Morgan fingerprint density at radius 1 is 1.56 bits per heavy atom. The highest BCUT2D eigenvalue weighted by molar-refractivity contribution is 7.89. The van der Waals surface area contributed by atoms with Gasteiger partial charge >= 0.3 is 0 Å². The fraction of sp³-hybridized carbons (Fsp3) is 0.545. The van der Waals surface area contributed by atoms with Crippen molar-refractivity contribution in [2.45, 2.75) is 24.3 Å². The van der Waals surface area contributed by atoms with Crippen molar-refractivity contribution in [2.24, 2.45) is 5.92 Å². The van der Waals surface area contributed by atoms with Crippen LogP contribution in [0.15, 0.2) is 23.2 Å². The molecule has 1 fully saturated rings. The van der Waals surface area contributed by atoms with E-state index in [1.807, 2.05) is 6.92 Å². The van der Waals surface area contributed by atoms with Crippen LogP contribution in [0.1, 0.15) is 13.3 Å². The van der Waals surface area contributed by atoms with E-state index in [-0.39, 0.29) is 22.5 Å². The lowest BCUT2D eigenvalue weighted by Crippen LogP contribution is -2.45. The average Bonchev–Trinajstić information content (AvgIpc) is 2.33. The summed E-state index contributed by atoms with van der Waals surface area (Å²) in [6, 6.07) is 2.96. The number of aromatic nitrogens is 1.